The summed E-state index contributed by atoms with van der Waals surface area (Å²) in [6.07, 6.45) is 1.02. The van der Waals surface area contributed by atoms with Crippen LogP contribution in [0, 0.1) is 24.1 Å². The van der Waals surface area contributed by atoms with E-state index >= 15 is 0 Å². The van der Waals surface area contributed by atoms with Crippen LogP contribution in [-0.4, -0.2) is 19.1 Å². The van der Waals surface area contributed by atoms with Gasteiger partial charge in [0.2, 0.25) is 0 Å². The first-order chi connectivity index (χ1) is 11.6. The zero-order valence-corrected chi connectivity index (χ0v) is 14.3. The van der Waals surface area contributed by atoms with Crippen molar-refractivity contribution in [3.63, 3.8) is 0 Å². The van der Waals surface area contributed by atoms with Crippen LogP contribution in [0.4, 0.5) is 10.1 Å². The highest BCUT2D eigenvalue weighted by atomic mass is 35.5. The van der Waals surface area contributed by atoms with Crippen LogP contribution in [0.5, 0.6) is 0 Å². The second kappa shape index (κ2) is 7.21. The second-order valence-corrected chi connectivity index (χ2v) is 6.53. The van der Waals surface area contributed by atoms with Crippen LogP contribution in [0.2, 0.25) is 5.02 Å². The van der Waals surface area contributed by atoms with Crippen LogP contribution in [0.15, 0.2) is 36.4 Å². The Labute approximate surface area is 146 Å². The third-order valence-electron chi connectivity index (χ3n) is 4.53. The van der Waals surface area contributed by atoms with E-state index in [4.69, 9.17) is 16.9 Å². The molecular formula is C19H19ClFN3. The van der Waals surface area contributed by atoms with E-state index in [1.165, 1.54) is 6.07 Å². The van der Waals surface area contributed by atoms with Crippen molar-refractivity contribution in [2.24, 2.45) is 0 Å². The van der Waals surface area contributed by atoms with Crippen molar-refractivity contribution in [1.82, 2.24) is 5.32 Å². The number of nitrogens with zero attached hydrogens (tertiary/aromatic N) is 2. The summed E-state index contributed by atoms with van der Waals surface area (Å²) in [5.74, 6) is -0.224. The van der Waals surface area contributed by atoms with Crippen molar-refractivity contribution in [3.8, 4) is 6.07 Å². The Morgan fingerprint density at radius 2 is 2.17 bits per heavy atom. The van der Waals surface area contributed by atoms with Gasteiger partial charge >= 0.3 is 0 Å². The molecule has 1 fully saturated rings. The molecule has 0 aliphatic carbocycles. The van der Waals surface area contributed by atoms with Crippen molar-refractivity contribution in [1.29, 1.82) is 5.26 Å². The van der Waals surface area contributed by atoms with Gasteiger partial charge in [-0.3, -0.25) is 0 Å². The van der Waals surface area contributed by atoms with Gasteiger partial charge in [-0.1, -0.05) is 17.7 Å². The quantitative estimate of drug-likeness (QED) is 0.911. The van der Waals surface area contributed by atoms with E-state index in [2.05, 4.69) is 16.3 Å². The minimum absolute atomic E-state index is 0.224. The molecule has 124 valence electrons. The second-order valence-electron chi connectivity index (χ2n) is 6.12. The van der Waals surface area contributed by atoms with Crippen molar-refractivity contribution in [2.75, 3.05) is 18.0 Å². The SMILES string of the molecule is Cc1ccc(F)cc1CN(c1ccc(C#N)c(Cl)c1)[C@H]1CCNC1. The topological polar surface area (TPSA) is 39.1 Å². The molecule has 0 bridgehead atoms. The summed E-state index contributed by atoms with van der Waals surface area (Å²) in [6.45, 7) is 4.45. The summed E-state index contributed by atoms with van der Waals surface area (Å²) >= 11 is 6.21. The Bertz CT molecular complexity index is 779. The van der Waals surface area contributed by atoms with Gasteiger partial charge in [0.15, 0.2) is 0 Å². The Balaban J connectivity index is 1.96. The molecule has 0 radical (unpaired) electrons. The van der Waals surface area contributed by atoms with E-state index in [0.717, 1.165) is 36.3 Å². The molecule has 1 saturated heterocycles. The van der Waals surface area contributed by atoms with Gasteiger partial charge in [-0.05, 0) is 61.3 Å². The molecule has 1 aliphatic rings. The summed E-state index contributed by atoms with van der Waals surface area (Å²) in [6, 6.07) is 12.8. The number of nitriles is 1. The van der Waals surface area contributed by atoms with Crippen LogP contribution in [0.3, 0.4) is 0 Å². The average Bonchev–Trinajstić information content (AvgIpc) is 3.09. The largest absolute Gasteiger partial charge is 0.363 e. The van der Waals surface area contributed by atoms with Crippen LogP contribution < -0.4 is 10.2 Å². The minimum Gasteiger partial charge on any atom is -0.363 e. The van der Waals surface area contributed by atoms with Gasteiger partial charge in [-0.2, -0.15) is 5.26 Å². The fourth-order valence-corrected chi connectivity index (χ4v) is 3.32. The molecule has 3 rings (SSSR count). The number of hydrogen-bond donors (Lipinski definition) is 1. The van der Waals surface area contributed by atoms with Gasteiger partial charge in [-0.15, -0.1) is 0 Å². The van der Waals surface area contributed by atoms with Crippen molar-refractivity contribution >= 4 is 17.3 Å². The van der Waals surface area contributed by atoms with Crippen LogP contribution >= 0.6 is 11.6 Å². The smallest absolute Gasteiger partial charge is 0.123 e. The standard InChI is InChI=1S/C19H19ClFN3/c1-13-2-4-16(21)8-15(13)12-24(18-6-7-23-11-18)17-5-3-14(10-22)19(20)9-17/h2-5,8-9,18,23H,6-7,11-12H2,1H3/t18-/m0/s1. The van der Waals surface area contributed by atoms with Gasteiger partial charge in [0.05, 0.1) is 10.6 Å². The molecule has 1 atom stereocenters. The normalized spacial score (nSPS) is 16.8. The highest BCUT2D eigenvalue weighted by Crippen LogP contribution is 2.28. The van der Waals surface area contributed by atoms with Crippen molar-refractivity contribution in [3.05, 3.63) is 63.9 Å². The fraction of sp³-hybridized carbons (Fsp3) is 0.316. The summed E-state index contributed by atoms with van der Waals surface area (Å²) < 4.78 is 13.7. The molecule has 1 N–H and O–H groups in total. The zero-order valence-electron chi connectivity index (χ0n) is 13.5. The molecule has 2 aromatic carbocycles. The lowest BCUT2D eigenvalue weighted by molar-refractivity contribution is 0.611. The van der Waals surface area contributed by atoms with Gasteiger partial charge in [0, 0.05) is 24.8 Å². The highest BCUT2D eigenvalue weighted by molar-refractivity contribution is 6.32. The minimum atomic E-state index is -0.224. The molecule has 0 amide bonds. The lowest BCUT2D eigenvalue weighted by Gasteiger charge is -2.31. The first kappa shape index (κ1) is 16.8. The molecule has 0 unspecified atom stereocenters. The maximum atomic E-state index is 13.7. The van der Waals surface area contributed by atoms with E-state index in [9.17, 15) is 4.39 Å². The predicted octanol–water partition coefficient (Wildman–Crippen LogP) is 4.03. The van der Waals surface area contributed by atoms with E-state index in [1.54, 1.807) is 12.1 Å². The molecule has 2 aromatic rings. The van der Waals surface area contributed by atoms with Gasteiger partial charge < -0.3 is 10.2 Å². The lowest BCUT2D eigenvalue weighted by Crippen LogP contribution is -2.36. The maximum absolute atomic E-state index is 13.7. The molecule has 1 heterocycles. The summed E-state index contributed by atoms with van der Waals surface area (Å²) in [5, 5.41) is 12.9. The number of halogens is 2. The monoisotopic (exact) mass is 343 g/mol. The molecule has 0 aromatic heterocycles. The molecular weight excluding hydrogens is 325 g/mol. The first-order valence-corrected chi connectivity index (χ1v) is 8.38. The van der Waals surface area contributed by atoms with E-state index < -0.39 is 0 Å². The van der Waals surface area contributed by atoms with Gasteiger partial charge in [0.1, 0.15) is 11.9 Å². The summed E-state index contributed by atoms with van der Waals surface area (Å²) in [5.41, 5.74) is 3.44. The average molecular weight is 344 g/mol. The Morgan fingerprint density at radius 3 is 2.83 bits per heavy atom. The van der Waals surface area contributed by atoms with Gasteiger partial charge in [-0.25, -0.2) is 4.39 Å². The first-order valence-electron chi connectivity index (χ1n) is 8.00. The van der Waals surface area contributed by atoms with Crippen molar-refractivity contribution in [2.45, 2.75) is 25.9 Å². The van der Waals surface area contributed by atoms with Crippen LogP contribution in [-0.2, 0) is 6.54 Å². The number of rotatable bonds is 4. The Kier molecular flexibility index (Phi) is 5.03. The zero-order chi connectivity index (χ0) is 17.1. The third kappa shape index (κ3) is 3.53. The molecule has 0 spiro atoms. The summed E-state index contributed by atoms with van der Waals surface area (Å²) in [7, 11) is 0. The van der Waals surface area contributed by atoms with Crippen LogP contribution in [0.1, 0.15) is 23.1 Å². The number of anilines is 1. The molecule has 1 aliphatic heterocycles. The van der Waals surface area contributed by atoms with E-state index in [-0.39, 0.29) is 5.82 Å². The van der Waals surface area contributed by atoms with Crippen molar-refractivity contribution < 1.29 is 4.39 Å². The highest BCUT2D eigenvalue weighted by Gasteiger charge is 2.24. The van der Waals surface area contributed by atoms with Gasteiger partial charge in [0.25, 0.3) is 0 Å². The maximum Gasteiger partial charge on any atom is 0.123 e. The van der Waals surface area contributed by atoms with Crippen LogP contribution in [0.25, 0.3) is 0 Å². The fourth-order valence-electron chi connectivity index (χ4n) is 3.10. The predicted molar refractivity (Wildman–Crippen MR) is 94.8 cm³/mol. The van der Waals surface area contributed by atoms with E-state index in [0.29, 0.717) is 23.2 Å². The Hall–Kier alpha value is -2.09. The van der Waals surface area contributed by atoms with E-state index in [1.807, 2.05) is 25.1 Å². The number of nitrogens with one attached hydrogen (secondary N) is 1. The summed E-state index contributed by atoms with van der Waals surface area (Å²) in [4.78, 5) is 2.24. The number of aryl methyl sites for hydroxylation is 1. The molecule has 5 heteroatoms. The molecule has 3 nitrogen and oxygen atoms in total. The molecule has 24 heavy (non-hydrogen) atoms. The lowest BCUT2D eigenvalue weighted by atomic mass is 10.1. The molecule has 0 saturated carbocycles. The number of hydrogen-bond acceptors (Lipinski definition) is 3. The number of benzene rings is 2. The third-order valence-corrected chi connectivity index (χ3v) is 4.84. The Morgan fingerprint density at radius 1 is 1.33 bits per heavy atom.